The van der Waals surface area contributed by atoms with Gasteiger partial charge in [0.1, 0.15) is 5.75 Å². The molecule has 1 amide bonds. The monoisotopic (exact) mass is 262 g/mol. The first-order valence-corrected chi connectivity index (χ1v) is 6.88. The molecule has 4 nitrogen and oxygen atoms in total. The molecule has 1 aromatic carbocycles. The number of rotatable bonds is 7. The van der Waals surface area contributed by atoms with Crippen LogP contribution in [0, 0.1) is 5.92 Å². The van der Waals surface area contributed by atoms with Gasteiger partial charge in [-0.05, 0) is 37.0 Å². The van der Waals surface area contributed by atoms with E-state index in [0.717, 1.165) is 17.9 Å². The third kappa shape index (κ3) is 4.91. The molecule has 19 heavy (non-hydrogen) atoms. The van der Waals surface area contributed by atoms with E-state index in [1.165, 1.54) is 12.8 Å². The van der Waals surface area contributed by atoms with Crippen LogP contribution in [0.2, 0.25) is 0 Å². The largest absolute Gasteiger partial charge is 0.484 e. The van der Waals surface area contributed by atoms with Gasteiger partial charge in [0.05, 0.1) is 0 Å². The number of ether oxygens (including phenoxy) is 1. The summed E-state index contributed by atoms with van der Waals surface area (Å²) in [5, 5.41) is 2.96. The van der Waals surface area contributed by atoms with Gasteiger partial charge < -0.3 is 15.8 Å². The van der Waals surface area contributed by atoms with E-state index in [2.05, 4.69) is 5.32 Å². The van der Waals surface area contributed by atoms with Crippen molar-refractivity contribution in [3.05, 3.63) is 29.8 Å². The fourth-order valence-corrected chi connectivity index (χ4v) is 2.10. The predicted molar refractivity (Wildman–Crippen MR) is 74.8 cm³/mol. The Hall–Kier alpha value is -1.55. The van der Waals surface area contributed by atoms with E-state index in [4.69, 9.17) is 10.5 Å². The Balaban J connectivity index is 1.69. The molecule has 4 heteroatoms. The van der Waals surface area contributed by atoms with E-state index in [0.29, 0.717) is 12.3 Å². The maximum Gasteiger partial charge on any atom is 0.258 e. The van der Waals surface area contributed by atoms with Gasteiger partial charge in [-0.25, -0.2) is 0 Å². The van der Waals surface area contributed by atoms with Crippen molar-refractivity contribution in [2.24, 2.45) is 11.7 Å². The summed E-state index contributed by atoms with van der Waals surface area (Å²) in [4.78, 5) is 11.7. The summed E-state index contributed by atoms with van der Waals surface area (Å²) in [5.41, 5.74) is 6.57. The first kappa shape index (κ1) is 13.9. The predicted octanol–water partition coefficient (Wildman–Crippen LogP) is 1.83. The molecular weight excluding hydrogens is 240 g/mol. The molecule has 1 aliphatic rings. The number of nitrogens with two attached hydrogens (primary N) is 1. The molecule has 1 fully saturated rings. The van der Waals surface area contributed by atoms with Crippen LogP contribution in [0.25, 0.3) is 0 Å². The first-order valence-electron chi connectivity index (χ1n) is 6.88. The van der Waals surface area contributed by atoms with Crippen molar-refractivity contribution in [3.8, 4) is 5.75 Å². The van der Waals surface area contributed by atoms with Crippen molar-refractivity contribution >= 4 is 5.91 Å². The van der Waals surface area contributed by atoms with Crippen LogP contribution in [0.1, 0.15) is 31.7 Å². The Kier molecular flexibility index (Phi) is 4.80. The van der Waals surface area contributed by atoms with E-state index in [9.17, 15) is 4.79 Å². The lowest BCUT2D eigenvalue weighted by atomic mass is 10.1. The van der Waals surface area contributed by atoms with E-state index in [1.54, 1.807) is 0 Å². The highest BCUT2D eigenvalue weighted by molar-refractivity contribution is 5.77. The lowest BCUT2D eigenvalue weighted by Crippen LogP contribution is -2.36. The summed E-state index contributed by atoms with van der Waals surface area (Å²) >= 11 is 0. The summed E-state index contributed by atoms with van der Waals surface area (Å²) in [6.07, 6.45) is 3.70. The van der Waals surface area contributed by atoms with Gasteiger partial charge in [-0.2, -0.15) is 0 Å². The molecule has 1 unspecified atom stereocenters. The minimum Gasteiger partial charge on any atom is -0.484 e. The van der Waals surface area contributed by atoms with Crippen LogP contribution in [0.4, 0.5) is 0 Å². The van der Waals surface area contributed by atoms with Crippen LogP contribution < -0.4 is 15.8 Å². The quantitative estimate of drug-likeness (QED) is 0.788. The molecule has 0 heterocycles. The molecule has 0 radical (unpaired) electrons. The number of carbonyl (C=O) groups is 1. The lowest BCUT2D eigenvalue weighted by Gasteiger charge is -2.13. The molecule has 0 bridgehead atoms. The second kappa shape index (κ2) is 6.57. The Labute approximate surface area is 114 Å². The standard InChI is InChI=1S/C15H22N2O2/c1-11(8-12-2-3-12)17-15(18)10-19-14-6-4-13(9-16)5-7-14/h4-7,11-12H,2-3,8-10,16H2,1H3,(H,17,18). The topological polar surface area (TPSA) is 64.3 Å². The van der Waals surface area contributed by atoms with E-state index < -0.39 is 0 Å². The Morgan fingerprint density at radius 3 is 2.68 bits per heavy atom. The molecule has 2 rings (SSSR count). The highest BCUT2D eigenvalue weighted by atomic mass is 16.5. The minimum absolute atomic E-state index is 0.0592. The second-order valence-corrected chi connectivity index (χ2v) is 5.28. The summed E-state index contributed by atoms with van der Waals surface area (Å²) in [7, 11) is 0. The third-order valence-electron chi connectivity index (χ3n) is 3.32. The third-order valence-corrected chi connectivity index (χ3v) is 3.32. The highest BCUT2D eigenvalue weighted by Crippen LogP contribution is 2.33. The number of benzene rings is 1. The average Bonchev–Trinajstić information content (AvgIpc) is 3.20. The van der Waals surface area contributed by atoms with Crippen molar-refractivity contribution in [3.63, 3.8) is 0 Å². The molecule has 1 aliphatic carbocycles. The van der Waals surface area contributed by atoms with Gasteiger partial charge in [-0.1, -0.05) is 25.0 Å². The van der Waals surface area contributed by atoms with Crippen molar-refractivity contribution in [2.45, 2.75) is 38.8 Å². The maximum absolute atomic E-state index is 11.7. The summed E-state index contributed by atoms with van der Waals surface area (Å²) in [5.74, 6) is 1.46. The fourth-order valence-electron chi connectivity index (χ4n) is 2.10. The lowest BCUT2D eigenvalue weighted by molar-refractivity contribution is -0.123. The Morgan fingerprint density at radius 1 is 1.42 bits per heavy atom. The van der Waals surface area contributed by atoms with Crippen LogP contribution in [-0.4, -0.2) is 18.6 Å². The van der Waals surface area contributed by atoms with Gasteiger partial charge in [-0.15, -0.1) is 0 Å². The molecule has 1 saturated carbocycles. The zero-order valence-electron chi connectivity index (χ0n) is 11.4. The zero-order valence-corrected chi connectivity index (χ0v) is 11.4. The van der Waals surface area contributed by atoms with Crippen molar-refractivity contribution in [2.75, 3.05) is 6.61 Å². The number of hydrogen-bond donors (Lipinski definition) is 2. The smallest absolute Gasteiger partial charge is 0.258 e. The second-order valence-electron chi connectivity index (χ2n) is 5.28. The average molecular weight is 262 g/mol. The van der Waals surface area contributed by atoms with E-state index in [1.807, 2.05) is 31.2 Å². The minimum atomic E-state index is -0.0592. The van der Waals surface area contributed by atoms with Crippen LogP contribution >= 0.6 is 0 Å². The van der Waals surface area contributed by atoms with Crippen LogP contribution in [0.15, 0.2) is 24.3 Å². The Morgan fingerprint density at radius 2 is 2.11 bits per heavy atom. The maximum atomic E-state index is 11.7. The normalized spacial score (nSPS) is 15.9. The SMILES string of the molecule is CC(CC1CC1)NC(=O)COc1ccc(CN)cc1. The van der Waals surface area contributed by atoms with Gasteiger partial charge in [0.15, 0.2) is 6.61 Å². The fraction of sp³-hybridized carbons (Fsp3) is 0.533. The van der Waals surface area contributed by atoms with Gasteiger partial charge >= 0.3 is 0 Å². The molecule has 0 aromatic heterocycles. The first-order chi connectivity index (χ1) is 9.17. The zero-order chi connectivity index (χ0) is 13.7. The van der Waals surface area contributed by atoms with Gasteiger partial charge in [0.2, 0.25) is 0 Å². The van der Waals surface area contributed by atoms with E-state index in [-0.39, 0.29) is 18.6 Å². The molecule has 0 aliphatic heterocycles. The number of hydrogen-bond acceptors (Lipinski definition) is 3. The highest BCUT2D eigenvalue weighted by Gasteiger charge is 2.24. The van der Waals surface area contributed by atoms with Crippen LogP contribution in [0.5, 0.6) is 5.75 Å². The van der Waals surface area contributed by atoms with Crippen molar-refractivity contribution in [1.29, 1.82) is 0 Å². The molecule has 1 aromatic rings. The molecule has 104 valence electrons. The number of amides is 1. The van der Waals surface area contributed by atoms with Crippen LogP contribution in [-0.2, 0) is 11.3 Å². The summed E-state index contributed by atoms with van der Waals surface area (Å²) in [6.45, 7) is 2.63. The van der Waals surface area contributed by atoms with Crippen molar-refractivity contribution < 1.29 is 9.53 Å². The van der Waals surface area contributed by atoms with Crippen LogP contribution in [0.3, 0.4) is 0 Å². The molecule has 0 spiro atoms. The van der Waals surface area contributed by atoms with Crippen molar-refractivity contribution in [1.82, 2.24) is 5.32 Å². The Bertz CT molecular complexity index is 413. The number of carbonyl (C=O) groups excluding carboxylic acids is 1. The molecule has 0 saturated heterocycles. The number of nitrogens with one attached hydrogen (secondary N) is 1. The van der Waals surface area contributed by atoms with Gasteiger partial charge in [0.25, 0.3) is 5.91 Å². The molecule has 3 N–H and O–H groups in total. The summed E-state index contributed by atoms with van der Waals surface area (Å²) in [6, 6.07) is 7.72. The van der Waals surface area contributed by atoms with E-state index >= 15 is 0 Å². The summed E-state index contributed by atoms with van der Waals surface area (Å²) < 4.78 is 5.44. The molecule has 1 atom stereocenters. The van der Waals surface area contributed by atoms with Gasteiger partial charge in [0, 0.05) is 12.6 Å². The van der Waals surface area contributed by atoms with Gasteiger partial charge in [-0.3, -0.25) is 4.79 Å². The molecular formula is C15H22N2O2.